The Bertz CT molecular complexity index is 919. The summed E-state index contributed by atoms with van der Waals surface area (Å²) in [5.41, 5.74) is -0.417. The fraction of sp³-hybridized carbons (Fsp3) is 0.176. The van der Waals surface area contributed by atoms with Gasteiger partial charge in [0.2, 0.25) is 11.7 Å². The lowest BCUT2D eigenvalue weighted by Gasteiger charge is -2.21. The Kier molecular flexibility index (Phi) is 3.38. The zero-order chi connectivity index (χ0) is 17.4. The Hall–Kier alpha value is -3.42. The van der Waals surface area contributed by atoms with E-state index in [2.05, 4.69) is 15.5 Å². The molecule has 1 aliphatic heterocycles. The lowest BCUT2D eigenvalue weighted by atomic mass is 9.92. The van der Waals surface area contributed by atoms with Gasteiger partial charge < -0.3 is 14.3 Å². The molecule has 0 aliphatic carbocycles. The van der Waals surface area contributed by atoms with E-state index >= 15 is 0 Å². The number of aromatic nitrogens is 2. The quantitative estimate of drug-likeness (QED) is 0.732. The lowest BCUT2D eigenvalue weighted by molar-refractivity contribution is -0.131. The summed E-state index contributed by atoms with van der Waals surface area (Å²) < 4.78 is 10.3. The zero-order valence-electron chi connectivity index (χ0n) is 13.3. The van der Waals surface area contributed by atoms with Crippen LogP contribution in [0.5, 0.6) is 0 Å². The number of benzene rings is 1. The van der Waals surface area contributed by atoms with Crippen LogP contribution < -0.4 is 5.32 Å². The third kappa shape index (κ3) is 2.47. The molecule has 1 N–H and O–H groups in total. The maximum atomic E-state index is 12.8. The van der Waals surface area contributed by atoms with Gasteiger partial charge in [-0.05, 0) is 24.6 Å². The van der Waals surface area contributed by atoms with E-state index in [1.807, 2.05) is 18.2 Å². The van der Waals surface area contributed by atoms with Crippen molar-refractivity contribution in [2.45, 2.75) is 19.0 Å². The first-order valence-electron chi connectivity index (χ1n) is 7.64. The molecule has 1 atom stereocenters. The lowest BCUT2D eigenvalue weighted by Crippen LogP contribution is -2.40. The summed E-state index contributed by atoms with van der Waals surface area (Å²) in [5, 5.41) is 6.53. The normalized spacial score (nSPS) is 20.1. The van der Waals surface area contributed by atoms with Gasteiger partial charge in [0, 0.05) is 0 Å². The number of carbonyl (C=O) groups excluding carboxylic acids is 2. The highest BCUT2D eigenvalue weighted by molar-refractivity contribution is 6.07. The molecule has 0 bridgehead atoms. The van der Waals surface area contributed by atoms with Gasteiger partial charge in [-0.1, -0.05) is 35.5 Å². The third-order valence-electron chi connectivity index (χ3n) is 4.13. The summed E-state index contributed by atoms with van der Waals surface area (Å²) in [6.07, 6.45) is 1.49. The molecule has 4 rings (SSSR count). The number of nitrogens with zero attached hydrogens (tertiary/aromatic N) is 3. The van der Waals surface area contributed by atoms with Crippen LogP contribution in [0.2, 0.25) is 0 Å². The SMILES string of the molecule is C[C@@]1(c2ccccc2)NC(=O)N(Cc2nc(-c3ccco3)no2)C1=O. The summed E-state index contributed by atoms with van der Waals surface area (Å²) >= 11 is 0. The second-order valence-electron chi connectivity index (χ2n) is 5.80. The molecule has 3 heterocycles. The standard InChI is InChI=1S/C17H14N4O4/c1-17(11-6-3-2-4-7-11)15(22)21(16(23)19-17)10-13-18-14(20-25-13)12-8-5-9-24-12/h2-9H,10H2,1H3,(H,19,23)/t17-/m0/s1. The third-order valence-corrected chi connectivity index (χ3v) is 4.13. The first-order chi connectivity index (χ1) is 12.1. The number of amides is 3. The van der Waals surface area contributed by atoms with Crippen molar-refractivity contribution < 1.29 is 18.5 Å². The minimum absolute atomic E-state index is 0.110. The summed E-state index contributed by atoms with van der Waals surface area (Å²) in [7, 11) is 0. The number of imide groups is 1. The highest BCUT2D eigenvalue weighted by Gasteiger charge is 2.49. The Labute approximate surface area is 142 Å². The predicted octanol–water partition coefficient (Wildman–Crippen LogP) is 2.30. The van der Waals surface area contributed by atoms with Gasteiger partial charge in [0.1, 0.15) is 12.1 Å². The van der Waals surface area contributed by atoms with Crippen LogP contribution in [-0.4, -0.2) is 27.0 Å². The Morgan fingerprint density at radius 2 is 1.96 bits per heavy atom. The number of nitrogens with one attached hydrogen (secondary N) is 1. The fourth-order valence-corrected chi connectivity index (χ4v) is 2.77. The number of furan rings is 1. The monoisotopic (exact) mass is 338 g/mol. The van der Waals surface area contributed by atoms with Gasteiger partial charge in [-0.15, -0.1) is 0 Å². The molecule has 8 heteroatoms. The van der Waals surface area contributed by atoms with Gasteiger partial charge in [-0.2, -0.15) is 4.98 Å². The number of urea groups is 1. The second-order valence-corrected chi connectivity index (χ2v) is 5.80. The Balaban J connectivity index is 1.57. The van der Waals surface area contributed by atoms with Gasteiger partial charge in [-0.25, -0.2) is 4.79 Å². The van der Waals surface area contributed by atoms with Crippen LogP contribution in [0, 0.1) is 0 Å². The minimum Gasteiger partial charge on any atom is -0.461 e. The van der Waals surface area contributed by atoms with Crippen molar-refractivity contribution in [3.8, 4) is 11.6 Å². The molecular weight excluding hydrogens is 324 g/mol. The topological polar surface area (TPSA) is 101 Å². The smallest absolute Gasteiger partial charge is 0.325 e. The minimum atomic E-state index is -1.12. The average Bonchev–Trinajstić information content (AvgIpc) is 3.34. The summed E-state index contributed by atoms with van der Waals surface area (Å²) in [5.74, 6) is 0.479. The number of hydrogen-bond acceptors (Lipinski definition) is 6. The molecule has 0 unspecified atom stereocenters. The molecule has 126 valence electrons. The molecule has 0 saturated carbocycles. The molecule has 1 saturated heterocycles. The van der Waals surface area contributed by atoms with Crippen LogP contribution in [-0.2, 0) is 16.9 Å². The van der Waals surface area contributed by atoms with Crippen molar-refractivity contribution in [3.05, 3.63) is 60.2 Å². The second kappa shape index (κ2) is 5.59. The molecule has 3 amide bonds. The molecule has 2 aromatic heterocycles. The van der Waals surface area contributed by atoms with Crippen LogP contribution in [0.3, 0.4) is 0 Å². The maximum absolute atomic E-state index is 12.8. The van der Waals surface area contributed by atoms with Crippen molar-refractivity contribution in [2.24, 2.45) is 0 Å². The summed E-state index contributed by atoms with van der Waals surface area (Å²) in [6.45, 7) is 1.56. The highest BCUT2D eigenvalue weighted by Crippen LogP contribution is 2.29. The number of hydrogen-bond donors (Lipinski definition) is 1. The van der Waals surface area contributed by atoms with Crippen molar-refractivity contribution in [1.82, 2.24) is 20.4 Å². The Morgan fingerprint density at radius 3 is 2.68 bits per heavy atom. The molecule has 1 aliphatic rings. The van der Waals surface area contributed by atoms with Gasteiger partial charge in [0.25, 0.3) is 5.91 Å². The van der Waals surface area contributed by atoms with E-state index < -0.39 is 11.6 Å². The molecule has 25 heavy (non-hydrogen) atoms. The average molecular weight is 338 g/mol. The molecule has 1 aromatic carbocycles. The highest BCUT2D eigenvalue weighted by atomic mass is 16.5. The van der Waals surface area contributed by atoms with Crippen LogP contribution in [0.25, 0.3) is 11.6 Å². The van der Waals surface area contributed by atoms with Crippen molar-refractivity contribution in [3.63, 3.8) is 0 Å². The zero-order valence-corrected chi connectivity index (χ0v) is 13.3. The molecule has 1 fully saturated rings. The van der Waals surface area contributed by atoms with Gasteiger partial charge in [0.05, 0.1) is 6.26 Å². The van der Waals surface area contributed by atoms with Gasteiger partial charge in [0.15, 0.2) is 5.76 Å². The van der Waals surface area contributed by atoms with Gasteiger partial charge >= 0.3 is 6.03 Å². The molecular formula is C17H14N4O4. The number of carbonyl (C=O) groups is 2. The van der Waals surface area contributed by atoms with Crippen LogP contribution in [0.1, 0.15) is 18.4 Å². The van der Waals surface area contributed by atoms with E-state index in [4.69, 9.17) is 8.94 Å². The van der Waals surface area contributed by atoms with E-state index in [1.54, 1.807) is 31.2 Å². The molecule has 0 spiro atoms. The van der Waals surface area contributed by atoms with Crippen molar-refractivity contribution >= 4 is 11.9 Å². The van der Waals surface area contributed by atoms with E-state index in [0.29, 0.717) is 11.3 Å². The van der Waals surface area contributed by atoms with Crippen molar-refractivity contribution in [1.29, 1.82) is 0 Å². The molecule has 0 radical (unpaired) electrons. The van der Waals surface area contributed by atoms with E-state index in [9.17, 15) is 9.59 Å². The summed E-state index contributed by atoms with van der Waals surface area (Å²) in [6, 6.07) is 12.0. The number of rotatable bonds is 4. The van der Waals surface area contributed by atoms with E-state index in [0.717, 1.165) is 4.90 Å². The fourth-order valence-electron chi connectivity index (χ4n) is 2.77. The summed E-state index contributed by atoms with van der Waals surface area (Å²) in [4.78, 5) is 30.3. The largest absolute Gasteiger partial charge is 0.461 e. The molecule has 8 nitrogen and oxygen atoms in total. The first kappa shape index (κ1) is 15.1. The van der Waals surface area contributed by atoms with Crippen LogP contribution in [0.4, 0.5) is 4.79 Å². The Morgan fingerprint density at radius 1 is 1.16 bits per heavy atom. The first-order valence-corrected chi connectivity index (χ1v) is 7.64. The van der Waals surface area contributed by atoms with E-state index in [1.165, 1.54) is 6.26 Å². The van der Waals surface area contributed by atoms with E-state index in [-0.39, 0.29) is 24.2 Å². The maximum Gasteiger partial charge on any atom is 0.325 e. The van der Waals surface area contributed by atoms with Crippen molar-refractivity contribution in [2.75, 3.05) is 0 Å². The molecule has 3 aromatic rings. The predicted molar refractivity (Wildman–Crippen MR) is 84.9 cm³/mol. The van der Waals surface area contributed by atoms with Crippen LogP contribution in [0.15, 0.2) is 57.7 Å². The van der Waals surface area contributed by atoms with Gasteiger partial charge in [-0.3, -0.25) is 9.69 Å². The van der Waals surface area contributed by atoms with Crippen LogP contribution >= 0.6 is 0 Å².